The number of benzene rings is 2. The van der Waals surface area contributed by atoms with Gasteiger partial charge in [-0.05, 0) is 37.0 Å². The Morgan fingerprint density at radius 1 is 0.962 bits per heavy atom. The number of nitrogens with one attached hydrogen (secondary N) is 1. The van der Waals surface area contributed by atoms with Gasteiger partial charge in [0.25, 0.3) is 0 Å². The Kier molecular flexibility index (Phi) is 8.87. The lowest BCUT2D eigenvalue weighted by Crippen LogP contribution is -2.27. The van der Waals surface area contributed by atoms with Gasteiger partial charge in [0, 0.05) is 26.2 Å². The van der Waals surface area contributed by atoms with Crippen LogP contribution >= 0.6 is 0 Å². The highest BCUT2D eigenvalue weighted by molar-refractivity contribution is 5.81. The van der Waals surface area contributed by atoms with Crippen LogP contribution in [0.1, 0.15) is 32.3 Å². The van der Waals surface area contributed by atoms with Gasteiger partial charge in [0.15, 0.2) is 6.29 Å². The van der Waals surface area contributed by atoms with Crippen LogP contribution in [-0.2, 0) is 20.7 Å². The molecular weight excluding hydrogens is 326 g/mol. The van der Waals surface area contributed by atoms with Gasteiger partial charge in [-0.2, -0.15) is 0 Å². The van der Waals surface area contributed by atoms with Gasteiger partial charge in [0.2, 0.25) is 5.91 Å². The molecule has 4 heteroatoms. The predicted octanol–water partition coefficient (Wildman–Crippen LogP) is 4.19. The van der Waals surface area contributed by atoms with E-state index in [0.29, 0.717) is 26.2 Å². The van der Waals surface area contributed by atoms with Crippen LogP contribution in [0.25, 0.3) is 11.1 Å². The second kappa shape index (κ2) is 11.4. The Labute approximate surface area is 156 Å². The van der Waals surface area contributed by atoms with Gasteiger partial charge >= 0.3 is 0 Å². The first-order valence-corrected chi connectivity index (χ1v) is 9.37. The van der Waals surface area contributed by atoms with Crippen molar-refractivity contribution >= 4 is 5.91 Å². The van der Waals surface area contributed by atoms with Gasteiger partial charge in [-0.1, -0.05) is 54.6 Å². The third kappa shape index (κ3) is 6.62. The summed E-state index contributed by atoms with van der Waals surface area (Å²) in [5.41, 5.74) is 3.28. The first-order chi connectivity index (χ1) is 12.7. The van der Waals surface area contributed by atoms with Crippen LogP contribution < -0.4 is 5.32 Å². The van der Waals surface area contributed by atoms with E-state index in [1.165, 1.54) is 0 Å². The summed E-state index contributed by atoms with van der Waals surface area (Å²) in [6.07, 6.45) is 1.81. The van der Waals surface area contributed by atoms with Crippen molar-refractivity contribution in [3.05, 3.63) is 60.2 Å². The zero-order valence-corrected chi connectivity index (χ0v) is 15.7. The maximum Gasteiger partial charge on any atom is 0.224 e. The molecule has 0 aliphatic rings. The van der Waals surface area contributed by atoms with Crippen molar-refractivity contribution in [2.45, 2.75) is 39.4 Å². The fourth-order valence-electron chi connectivity index (χ4n) is 2.89. The highest BCUT2D eigenvalue weighted by atomic mass is 16.7. The summed E-state index contributed by atoms with van der Waals surface area (Å²) in [6.45, 7) is 5.81. The number of amides is 1. The van der Waals surface area contributed by atoms with Crippen LogP contribution in [-0.4, -0.2) is 32.0 Å². The van der Waals surface area contributed by atoms with Crippen molar-refractivity contribution < 1.29 is 14.3 Å². The van der Waals surface area contributed by atoms with E-state index in [1.54, 1.807) is 0 Å². The molecule has 0 atom stereocenters. The van der Waals surface area contributed by atoms with E-state index in [2.05, 4.69) is 23.5 Å². The Balaban J connectivity index is 1.83. The summed E-state index contributed by atoms with van der Waals surface area (Å²) in [7, 11) is 0. The number of carbonyl (C=O) groups is 1. The maximum absolute atomic E-state index is 12.3. The standard InChI is InChI=1S/C22H29NO3/c1-3-25-22(26-4-2)15-10-16-23-21(24)17-19-13-8-9-14-20(19)18-11-6-5-7-12-18/h5-9,11-14,22H,3-4,10,15-17H2,1-2H3,(H,23,24). The molecule has 26 heavy (non-hydrogen) atoms. The van der Waals surface area contributed by atoms with E-state index in [-0.39, 0.29) is 12.2 Å². The van der Waals surface area contributed by atoms with Crippen LogP contribution in [0.4, 0.5) is 0 Å². The molecule has 0 fully saturated rings. The van der Waals surface area contributed by atoms with Gasteiger partial charge < -0.3 is 14.8 Å². The molecule has 1 amide bonds. The van der Waals surface area contributed by atoms with Crippen LogP contribution in [0.2, 0.25) is 0 Å². The van der Waals surface area contributed by atoms with E-state index in [1.807, 2.05) is 50.2 Å². The van der Waals surface area contributed by atoms with Crippen molar-refractivity contribution in [1.82, 2.24) is 5.32 Å². The molecular formula is C22H29NO3. The normalized spacial score (nSPS) is 10.9. The molecule has 0 saturated carbocycles. The summed E-state index contributed by atoms with van der Waals surface area (Å²) in [5.74, 6) is 0.0396. The molecule has 0 bridgehead atoms. The monoisotopic (exact) mass is 355 g/mol. The first-order valence-electron chi connectivity index (χ1n) is 9.37. The first kappa shape index (κ1) is 20.1. The fourth-order valence-corrected chi connectivity index (χ4v) is 2.89. The minimum Gasteiger partial charge on any atom is -0.356 e. The molecule has 0 aliphatic heterocycles. The Hall–Kier alpha value is -2.17. The van der Waals surface area contributed by atoms with Gasteiger partial charge in [0.1, 0.15) is 0 Å². The quantitative estimate of drug-likeness (QED) is 0.486. The molecule has 2 rings (SSSR count). The molecule has 0 radical (unpaired) electrons. The number of hydrogen-bond acceptors (Lipinski definition) is 3. The molecule has 1 N–H and O–H groups in total. The van der Waals surface area contributed by atoms with Crippen molar-refractivity contribution in [3.8, 4) is 11.1 Å². The average Bonchev–Trinajstić information content (AvgIpc) is 2.66. The lowest BCUT2D eigenvalue weighted by molar-refractivity contribution is -0.140. The number of ether oxygens (including phenoxy) is 2. The van der Waals surface area contributed by atoms with Crippen LogP contribution in [0.15, 0.2) is 54.6 Å². The Bertz CT molecular complexity index is 651. The highest BCUT2D eigenvalue weighted by Gasteiger charge is 2.10. The number of carbonyl (C=O) groups excluding carboxylic acids is 1. The zero-order valence-electron chi connectivity index (χ0n) is 15.7. The van der Waals surface area contributed by atoms with Gasteiger partial charge in [0.05, 0.1) is 6.42 Å². The molecule has 0 aliphatic carbocycles. The molecule has 140 valence electrons. The van der Waals surface area contributed by atoms with E-state index < -0.39 is 0 Å². The molecule has 0 aromatic heterocycles. The minimum atomic E-state index is -0.180. The highest BCUT2D eigenvalue weighted by Crippen LogP contribution is 2.23. The van der Waals surface area contributed by atoms with E-state index in [0.717, 1.165) is 29.5 Å². The fraction of sp³-hybridized carbons (Fsp3) is 0.409. The van der Waals surface area contributed by atoms with Gasteiger partial charge in [-0.25, -0.2) is 0 Å². The lowest BCUT2D eigenvalue weighted by Gasteiger charge is -2.16. The SMILES string of the molecule is CCOC(CCCNC(=O)Cc1ccccc1-c1ccccc1)OCC. The third-order valence-electron chi connectivity index (χ3n) is 4.10. The molecule has 2 aromatic carbocycles. The molecule has 0 spiro atoms. The molecule has 4 nitrogen and oxygen atoms in total. The third-order valence-corrected chi connectivity index (χ3v) is 4.10. The Morgan fingerprint density at radius 2 is 1.62 bits per heavy atom. The molecule has 0 unspecified atom stereocenters. The summed E-state index contributed by atoms with van der Waals surface area (Å²) in [6, 6.07) is 18.2. The van der Waals surface area contributed by atoms with Gasteiger partial charge in [-0.3, -0.25) is 4.79 Å². The summed E-state index contributed by atoms with van der Waals surface area (Å²) < 4.78 is 11.0. The smallest absolute Gasteiger partial charge is 0.224 e. The predicted molar refractivity (Wildman–Crippen MR) is 105 cm³/mol. The van der Waals surface area contributed by atoms with Crippen molar-refractivity contribution in [1.29, 1.82) is 0 Å². The minimum absolute atomic E-state index is 0.0396. The molecule has 2 aromatic rings. The van der Waals surface area contributed by atoms with Crippen molar-refractivity contribution in [3.63, 3.8) is 0 Å². The van der Waals surface area contributed by atoms with Crippen LogP contribution in [0.3, 0.4) is 0 Å². The Morgan fingerprint density at radius 3 is 2.31 bits per heavy atom. The van der Waals surface area contributed by atoms with E-state index in [9.17, 15) is 4.79 Å². The largest absolute Gasteiger partial charge is 0.356 e. The van der Waals surface area contributed by atoms with Crippen molar-refractivity contribution in [2.75, 3.05) is 19.8 Å². The number of hydrogen-bond donors (Lipinski definition) is 1. The van der Waals surface area contributed by atoms with Crippen LogP contribution in [0.5, 0.6) is 0 Å². The van der Waals surface area contributed by atoms with E-state index in [4.69, 9.17) is 9.47 Å². The second-order valence-corrected chi connectivity index (χ2v) is 6.03. The number of rotatable bonds is 11. The van der Waals surface area contributed by atoms with Gasteiger partial charge in [-0.15, -0.1) is 0 Å². The molecule has 0 heterocycles. The van der Waals surface area contributed by atoms with Crippen LogP contribution in [0, 0.1) is 0 Å². The average molecular weight is 355 g/mol. The molecule has 0 saturated heterocycles. The lowest BCUT2D eigenvalue weighted by atomic mass is 9.97. The summed E-state index contributed by atoms with van der Waals surface area (Å²) >= 11 is 0. The topological polar surface area (TPSA) is 47.6 Å². The summed E-state index contributed by atoms with van der Waals surface area (Å²) in [4.78, 5) is 12.3. The maximum atomic E-state index is 12.3. The zero-order chi connectivity index (χ0) is 18.6. The summed E-state index contributed by atoms with van der Waals surface area (Å²) in [5, 5.41) is 3.00. The van der Waals surface area contributed by atoms with Crippen molar-refractivity contribution in [2.24, 2.45) is 0 Å². The van der Waals surface area contributed by atoms with E-state index >= 15 is 0 Å². The second-order valence-electron chi connectivity index (χ2n) is 6.03.